The van der Waals surface area contributed by atoms with Crippen LogP contribution >= 0.6 is 0 Å². The fourth-order valence-corrected chi connectivity index (χ4v) is 1.48. The zero-order valence-electron chi connectivity index (χ0n) is 10.4. The second kappa shape index (κ2) is 6.54. The van der Waals surface area contributed by atoms with E-state index in [2.05, 4.69) is 9.73 Å². The summed E-state index contributed by atoms with van der Waals surface area (Å²) in [5, 5.41) is 0. The topological polar surface area (TPSA) is 81.8 Å². The molecule has 1 rings (SSSR count). The van der Waals surface area contributed by atoms with E-state index in [1.54, 1.807) is 31.2 Å². The van der Waals surface area contributed by atoms with Crippen molar-refractivity contribution < 1.29 is 14.3 Å². The van der Waals surface area contributed by atoms with Crippen molar-refractivity contribution in [2.24, 2.45) is 10.7 Å². The Hall–Kier alpha value is -2.17. The molecule has 0 aliphatic rings. The fourth-order valence-electron chi connectivity index (χ4n) is 1.48. The second-order valence-corrected chi connectivity index (χ2v) is 3.83. The lowest BCUT2D eigenvalue weighted by atomic mass is 10.1. The van der Waals surface area contributed by atoms with E-state index in [1.807, 2.05) is 6.07 Å². The maximum atomic E-state index is 11.4. The Bertz CT molecular complexity index is 455. The third kappa shape index (κ3) is 4.01. The summed E-state index contributed by atoms with van der Waals surface area (Å²) in [5.41, 5.74) is 6.53. The Kier molecular flexibility index (Phi) is 5.05. The summed E-state index contributed by atoms with van der Waals surface area (Å²) in [6.07, 6.45) is 0.0487. The minimum Gasteiger partial charge on any atom is -0.469 e. The van der Waals surface area contributed by atoms with Crippen LogP contribution in [0.2, 0.25) is 0 Å². The predicted octanol–water partition coefficient (Wildman–Crippen LogP) is 1.24. The van der Waals surface area contributed by atoms with Crippen molar-refractivity contribution >= 4 is 17.6 Å². The molecule has 0 fully saturated rings. The normalized spacial score (nSPS) is 12.9. The molecule has 0 bridgehead atoms. The quantitative estimate of drug-likeness (QED) is 0.628. The molecule has 0 aliphatic carbocycles. The lowest BCUT2D eigenvalue weighted by molar-refractivity contribution is -0.139. The first kappa shape index (κ1) is 13.9. The standard InChI is InChI=1S/C13H16N2O3/c1-9(8-11(16)18-2)15-12(13(14)17)10-6-4-3-5-7-10/h3-7,12H,8H2,1-2H3,(H2,14,17)/t12-/m0/s1. The Morgan fingerprint density at radius 3 is 2.44 bits per heavy atom. The van der Waals surface area contributed by atoms with Gasteiger partial charge >= 0.3 is 5.97 Å². The number of aliphatic imine (C=N–C) groups is 1. The molecule has 0 radical (unpaired) electrons. The number of nitrogens with two attached hydrogens (primary N) is 1. The zero-order valence-corrected chi connectivity index (χ0v) is 10.4. The van der Waals surface area contributed by atoms with Gasteiger partial charge in [0.25, 0.3) is 0 Å². The molecule has 96 valence electrons. The molecule has 5 heteroatoms. The largest absolute Gasteiger partial charge is 0.469 e. The highest BCUT2D eigenvalue weighted by Crippen LogP contribution is 2.17. The van der Waals surface area contributed by atoms with Crippen molar-refractivity contribution in [1.82, 2.24) is 0 Å². The van der Waals surface area contributed by atoms with Crippen molar-refractivity contribution in [1.29, 1.82) is 0 Å². The van der Waals surface area contributed by atoms with Gasteiger partial charge in [-0.3, -0.25) is 14.6 Å². The Morgan fingerprint density at radius 1 is 1.33 bits per heavy atom. The second-order valence-electron chi connectivity index (χ2n) is 3.83. The molecule has 5 nitrogen and oxygen atoms in total. The number of nitrogens with zero attached hydrogens (tertiary/aromatic N) is 1. The van der Waals surface area contributed by atoms with Crippen LogP contribution in [0.3, 0.4) is 0 Å². The first-order chi connectivity index (χ1) is 8.54. The molecule has 1 amide bonds. The first-order valence-corrected chi connectivity index (χ1v) is 5.49. The van der Waals surface area contributed by atoms with Gasteiger partial charge in [-0.1, -0.05) is 30.3 Å². The van der Waals surface area contributed by atoms with Crippen LogP contribution in [0, 0.1) is 0 Å². The van der Waals surface area contributed by atoms with Crippen LogP contribution in [0.1, 0.15) is 24.9 Å². The van der Waals surface area contributed by atoms with Gasteiger partial charge in [0.2, 0.25) is 5.91 Å². The lowest BCUT2D eigenvalue weighted by Crippen LogP contribution is -2.21. The van der Waals surface area contributed by atoms with Gasteiger partial charge in [0, 0.05) is 5.71 Å². The maximum Gasteiger partial charge on any atom is 0.311 e. The van der Waals surface area contributed by atoms with Gasteiger partial charge in [-0.2, -0.15) is 0 Å². The summed E-state index contributed by atoms with van der Waals surface area (Å²) in [6, 6.07) is 8.21. The molecule has 0 spiro atoms. The van der Waals surface area contributed by atoms with Gasteiger partial charge in [-0.25, -0.2) is 0 Å². The summed E-state index contributed by atoms with van der Waals surface area (Å²) >= 11 is 0. The number of hydrogen-bond acceptors (Lipinski definition) is 4. The number of carbonyl (C=O) groups is 2. The summed E-state index contributed by atoms with van der Waals surface area (Å²) in [6.45, 7) is 1.66. The van der Waals surface area contributed by atoms with E-state index in [-0.39, 0.29) is 6.42 Å². The lowest BCUT2D eigenvalue weighted by Gasteiger charge is -2.10. The summed E-state index contributed by atoms with van der Waals surface area (Å²) in [4.78, 5) is 26.7. The molecular formula is C13H16N2O3. The van der Waals surface area contributed by atoms with Gasteiger partial charge in [-0.15, -0.1) is 0 Å². The van der Waals surface area contributed by atoms with Crippen LogP contribution in [-0.4, -0.2) is 24.7 Å². The molecule has 1 aromatic carbocycles. The third-order valence-corrected chi connectivity index (χ3v) is 2.36. The Labute approximate surface area is 106 Å². The van der Waals surface area contributed by atoms with Crippen LogP contribution in [0.15, 0.2) is 35.3 Å². The monoisotopic (exact) mass is 248 g/mol. The van der Waals surface area contributed by atoms with Crippen LogP contribution in [0.4, 0.5) is 0 Å². The molecule has 0 saturated carbocycles. The van der Waals surface area contributed by atoms with E-state index < -0.39 is 17.9 Å². The molecule has 0 aliphatic heterocycles. The number of benzene rings is 1. The van der Waals surface area contributed by atoms with Crippen LogP contribution in [-0.2, 0) is 14.3 Å². The van der Waals surface area contributed by atoms with Crippen LogP contribution in [0.5, 0.6) is 0 Å². The first-order valence-electron chi connectivity index (χ1n) is 5.49. The highest BCUT2D eigenvalue weighted by Gasteiger charge is 2.17. The van der Waals surface area contributed by atoms with Gasteiger partial charge in [0.15, 0.2) is 6.04 Å². The number of carbonyl (C=O) groups excluding carboxylic acids is 2. The van der Waals surface area contributed by atoms with Crippen molar-refractivity contribution in [3.8, 4) is 0 Å². The molecule has 1 atom stereocenters. The van der Waals surface area contributed by atoms with E-state index in [0.717, 1.165) is 0 Å². The molecule has 0 aromatic heterocycles. The number of ether oxygens (including phenoxy) is 1. The maximum absolute atomic E-state index is 11.4. The summed E-state index contributed by atoms with van der Waals surface area (Å²) in [5.74, 6) is -0.946. The van der Waals surface area contributed by atoms with E-state index in [0.29, 0.717) is 11.3 Å². The number of primary amides is 1. The average molecular weight is 248 g/mol. The highest BCUT2D eigenvalue weighted by molar-refractivity contribution is 5.98. The minimum atomic E-state index is -0.768. The van der Waals surface area contributed by atoms with E-state index in [9.17, 15) is 9.59 Å². The number of rotatable bonds is 5. The summed E-state index contributed by atoms with van der Waals surface area (Å²) in [7, 11) is 1.30. The van der Waals surface area contributed by atoms with E-state index in [4.69, 9.17) is 5.73 Å². The molecule has 0 saturated heterocycles. The molecule has 1 aromatic rings. The van der Waals surface area contributed by atoms with Crippen molar-refractivity contribution in [3.05, 3.63) is 35.9 Å². The van der Waals surface area contributed by atoms with Gasteiger partial charge in [-0.05, 0) is 12.5 Å². The van der Waals surface area contributed by atoms with Gasteiger partial charge < -0.3 is 10.5 Å². The Balaban J connectivity index is 2.91. The molecule has 0 unspecified atom stereocenters. The van der Waals surface area contributed by atoms with E-state index in [1.165, 1.54) is 7.11 Å². The van der Waals surface area contributed by atoms with Crippen molar-refractivity contribution in [2.45, 2.75) is 19.4 Å². The number of amides is 1. The molecule has 18 heavy (non-hydrogen) atoms. The van der Waals surface area contributed by atoms with Gasteiger partial charge in [0.1, 0.15) is 0 Å². The van der Waals surface area contributed by atoms with Crippen molar-refractivity contribution in [2.75, 3.05) is 7.11 Å². The SMILES string of the molecule is COC(=O)CC(C)=N[C@H](C(N)=O)c1ccccc1. The average Bonchev–Trinajstić information content (AvgIpc) is 2.36. The zero-order chi connectivity index (χ0) is 13.5. The van der Waals surface area contributed by atoms with Crippen molar-refractivity contribution in [3.63, 3.8) is 0 Å². The summed E-state index contributed by atoms with van der Waals surface area (Å²) < 4.78 is 4.53. The number of esters is 1. The molecule has 0 heterocycles. The number of hydrogen-bond donors (Lipinski definition) is 1. The highest BCUT2D eigenvalue weighted by atomic mass is 16.5. The number of methoxy groups -OCH3 is 1. The minimum absolute atomic E-state index is 0.0487. The molecule has 2 N–H and O–H groups in total. The fraction of sp³-hybridized carbons (Fsp3) is 0.308. The van der Waals surface area contributed by atoms with Gasteiger partial charge in [0.05, 0.1) is 13.5 Å². The molecular weight excluding hydrogens is 232 g/mol. The predicted molar refractivity (Wildman–Crippen MR) is 68.1 cm³/mol. The van der Waals surface area contributed by atoms with Crippen LogP contribution < -0.4 is 5.73 Å². The van der Waals surface area contributed by atoms with Crippen LogP contribution in [0.25, 0.3) is 0 Å². The van der Waals surface area contributed by atoms with E-state index >= 15 is 0 Å². The third-order valence-electron chi connectivity index (χ3n) is 2.36. The Morgan fingerprint density at radius 2 is 1.94 bits per heavy atom. The smallest absolute Gasteiger partial charge is 0.311 e.